The third-order valence-corrected chi connectivity index (χ3v) is 3.86. The van der Waals surface area contributed by atoms with Crippen molar-refractivity contribution in [3.8, 4) is 0 Å². The highest BCUT2D eigenvalue weighted by molar-refractivity contribution is 5.14. The SMILES string of the molecule is COC(OC)[C@H](OCc1ccccc1)[C@@H](C=[13CH2])OCc1ccccc1. The molecule has 0 unspecified atom stereocenters. The zero-order valence-electron chi connectivity index (χ0n) is 14.8. The molecule has 0 N–H and O–H groups in total. The first-order valence-corrected chi connectivity index (χ1v) is 8.27. The Labute approximate surface area is 150 Å². The van der Waals surface area contributed by atoms with Crippen molar-refractivity contribution in [1.29, 1.82) is 0 Å². The molecular weight excluding hydrogens is 317 g/mol. The van der Waals surface area contributed by atoms with Crippen LogP contribution in [0.15, 0.2) is 73.3 Å². The lowest BCUT2D eigenvalue weighted by Crippen LogP contribution is -2.42. The molecule has 0 saturated heterocycles. The Morgan fingerprint density at radius 3 is 1.72 bits per heavy atom. The average molecular weight is 343 g/mol. The van der Waals surface area contributed by atoms with Gasteiger partial charge in [-0.1, -0.05) is 66.7 Å². The maximum atomic E-state index is 6.07. The fraction of sp³-hybridized carbons (Fsp3) is 0.333. The second kappa shape index (κ2) is 10.8. The van der Waals surface area contributed by atoms with Crippen molar-refractivity contribution in [2.75, 3.05) is 14.2 Å². The van der Waals surface area contributed by atoms with E-state index in [-0.39, 0.29) is 6.10 Å². The Morgan fingerprint density at radius 2 is 1.28 bits per heavy atom. The van der Waals surface area contributed by atoms with Crippen LogP contribution in [0.2, 0.25) is 0 Å². The lowest BCUT2D eigenvalue weighted by molar-refractivity contribution is -0.212. The maximum Gasteiger partial charge on any atom is 0.185 e. The Kier molecular flexibility index (Phi) is 8.35. The molecule has 0 bridgehead atoms. The normalized spacial score (nSPS) is 13.6. The predicted octanol–water partition coefficient (Wildman–Crippen LogP) is 3.96. The molecule has 0 aliphatic carbocycles. The minimum atomic E-state index is -0.553. The van der Waals surface area contributed by atoms with Crippen LogP contribution in [0.4, 0.5) is 0 Å². The van der Waals surface area contributed by atoms with E-state index in [0.29, 0.717) is 13.2 Å². The van der Waals surface area contributed by atoms with Gasteiger partial charge in [-0.05, 0) is 11.1 Å². The van der Waals surface area contributed by atoms with E-state index in [4.69, 9.17) is 18.9 Å². The first-order chi connectivity index (χ1) is 12.3. The summed E-state index contributed by atoms with van der Waals surface area (Å²) in [7, 11) is 3.18. The van der Waals surface area contributed by atoms with Crippen molar-refractivity contribution in [3.05, 3.63) is 84.4 Å². The van der Waals surface area contributed by atoms with Crippen LogP contribution in [0.5, 0.6) is 0 Å². The van der Waals surface area contributed by atoms with Gasteiger partial charge in [-0.25, -0.2) is 0 Å². The van der Waals surface area contributed by atoms with Crippen molar-refractivity contribution < 1.29 is 18.9 Å². The lowest BCUT2D eigenvalue weighted by atomic mass is 10.1. The van der Waals surface area contributed by atoms with Gasteiger partial charge in [0.15, 0.2) is 6.29 Å². The van der Waals surface area contributed by atoms with Crippen LogP contribution in [0.3, 0.4) is 0 Å². The van der Waals surface area contributed by atoms with E-state index in [1.165, 1.54) is 0 Å². The quantitative estimate of drug-likeness (QED) is 0.351. The molecule has 2 aromatic carbocycles. The van der Waals surface area contributed by atoms with Crippen LogP contribution in [0.25, 0.3) is 0 Å². The van der Waals surface area contributed by atoms with Gasteiger partial charge in [0.2, 0.25) is 0 Å². The summed E-state index contributed by atoms with van der Waals surface area (Å²) in [4.78, 5) is 0. The summed E-state index contributed by atoms with van der Waals surface area (Å²) in [5, 5.41) is 0. The van der Waals surface area contributed by atoms with Crippen molar-refractivity contribution >= 4 is 0 Å². The molecule has 0 aromatic heterocycles. The maximum absolute atomic E-state index is 6.07. The van der Waals surface area contributed by atoms with E-state index >= 15 is 0 Å². The standard InChI is InChI=1S/C21H26O4/c1-4-19(24-15-17-11-7-5-8-12-17)20(21(22-2)23-3)25-16-18-13-9-6-10-14-18/h4-14,19-21H,1,15-16H2,2-3H3/t19-,20-/m1/s1/i1+1. The van der Waals surface area contributed by atoms with Gasteiger partial charge in [-0.2, -0.15) is 0 Å². The molecule has 2 aromatic rings. The Balaban J connectivity index is 2.04. The summed E-state index contributed by atoms with van der Waals surface area (Å²) >= 11 is 0. The first-order valence-electron chi connectivity index (χ1n) is 8.27. The average Bonchev–Trinajstić information content (AvgIpc) is 2.68. The smallest absolute Gasteiger partial charge is 0.185 e. The first kappa shape index (κ1) is 19.3. The van der Waals surface area contributed by atoms with Gasteiger partial charge in [-0.15, -0.1) is 6.58 Å². The minimum absolute atomic E-state index is 0.367. The molecule has 0 radical (unpaired) electrons. The highest BCUT2D eigenvalue weighted by Gasteiger charge is 2.30. The zero-order valence-corrected chi connectivity index (χ0v) is 14.8. The number of methoxy groups -OCH3 is 2. The van der Waals surface area contributed by atoms with Crippen molar-refractivity contribution in [1.82, 2.24) is 0 Å². The van der Waals surface area contributed by atoms with Gasteiger partial charge in [0.05, 0.1) is 13.2 Å². The fourth-order valence-corrected chi connectivity index (χ4v) is 2.52. The van der Waals surface area contributed by atoms with Crippen LogP contribution in [-0.4, -0.2) is 32.7 Å². The third kappa shape index (κ3) is 6.11. The van der Waals surface area contributed by atoms with E-state index in [2.05, 4.69) is 6.58 Å². The fourth-order valence-electron chi connectivity index (χ4n) is 2.52. The molecule has 0 saturated carbocycles. The van der Waals surface area contributed by atoms with Crippen LogP contribution >= 0.6 is 0 Å². The number of rotatable bonds is 11. The number of ether oxygens (including phenoxy) is 4. The van der Waals surface area contributed by atoms with E-state index < -0.39 is 12.4 Å². The van der Waals surface area contributed by atoms with Crippen LogP contribution in [0.1, 0.15) is 11.1 Å². The van der Waals surface area contributed by atoms with Gasteiger partial charge >= 0.3 is 0 Å². The molecule has 0 aliphatic rings. The van der Waals surface area contributed by atoms with Gasteiger partial charge < -0.3 is 18.9 Å². The topological polar surface area (TPSA) is 36.9 Å². The highest BCUT2D eigenvalue weighted by Crippen LogP contribution is 2.17. The predicted molar refractivity (Wildman–Crippen MR) is 98.0 cm³/mol. The molecule has 2 rings (SSSR count). The van der Waals surface area contributed by atoms with Crippen molar-refractivity contribution in [3.63, 3.8) is 0 Å². The van der Waals surface area contributed by atoms with E-state index in [9.17, 15) is 0 Å². The van der Waals surface area contributed by atoms with Crippen LogP contribution in [0, 0.1) is 0 Å². The minimum Gasteiger partial charge on any atom is -0.367 e. The molecule has 0 spiro atoms. The number of benzene rings is 2. The summed E-state index contributed by atoms with van der Waals surface area (Å²) in [5.74, 6) is 0. The third-order valence-electron chi connectivity index (χ3n) is 3.86. The Morgan fingerprint density at radius 1 is 0.800 bits per heavy atom. The Hall–Kier alpha value is -1.98. The summed E-state index contributed by atoms with van der Waals surface area (Å²) in [6, 6.07) is 19.9. The summed E-state index contributed by atoms with van der Waals surface area (Å²) in [5.41, 5.74) is 2.16. The van der Waals surface area contributed by atoms with Crippen LogP contribution in [-0.2, 0) is 32.2 Å². The molecule has 0 fully saturated rings. The Bertz CT molecular complexity index is 596. The molecule has 134 valence electrons. The largest absolute Gasteiger partial charge is 0.367 e. The molecule has 0 aliphatic heterocycles. The van der Waals surface area contributed by atoms with Gasteiger partial charge in [-0.3, -0.25) is 0 Å². The lowest BCUT2D eigenvalue weighted by Gasteiger charge is -2.30. The van der Waals surface area contributed by atoms with Gasteiger partial charge in [0.25, 0.3) is 0 Å². The summed E-state index contributed by atoms with van der Waals surface area (Å²) in [6.07, 6.45) is 0.372. The van der Waals surface area contributed by atoms with E-state index in [0.717, 1.165) is 11.1 Å². The molecule has 4 heteroatoms. The molecule has 0 heterocycles. The number of hydrogen-bond donors (Lipinski definition) is 0. The monoisotopic (exact) mass is 343 g/mol. The molecule has 25 heavy (non-hydrogen) atoms. The van der Waals surface area contributed by atoms with E-state index in [1.807, 2.05) is 60.7 Å². The van der Waals surface area contributed by atoms with Gasteiger partial charge in [0, 0.05) is 14.2 Å². The number of hydrogen-bond acceptors (Lipinski definition) is 4. The van der Waals surface area contributed by atoms with Crippen molar-refractivity contribution in [2.45, 2.75) is 31.7 Å². The van der Waals surface area contributed by atoms with Crippen molar-refractivity contribution in [2.24, 2.45) is 0 Å². The summed E-state index contributed by atoms with van der Waals surface area (Å²) < 4.78 is 22.9. The molecular formula is C21H26O4. The molecule has 0 amide bonds. The summed E-state index contributed by atoms with van der Waals surface area (Å²) in [6.45, 7) is 4.78. The highest BCUT2D eigenvalue weighted by atomic mass is 16.7. The van der Waals surface area contributed by atoms with Crippen LogP contribution < -0.4 is 0 Å². The second-order valence-corrected chi connectivity index (χ2v) is 5.60. The second-order valence-electron chi connectivity index (χ2n) is 5.60. The molecule has 4 nitrogen and oxygen atoms in total. The van der Waals surface area contributed by atoms with Gasteiger partial charge in [0.1, 0.15) is 12.2 Å². The molecule has 2 atom stereocenters. The zero-order chi connectivity index (χ0) is 17.9. The van der Waals surface area contributed by atoms with E-state index in [1.54, 1.807) is 20.3 Å².